The van der Waals surface area contributed by atoms with E-state index in [1.165, 1.54) is 0 Å². The summed E-state index contributed by atoms with van der Waals surface area (Å²) in [5.74, 6) is 1.75. The highest BCUT2D eigenvalue weighted by Gasteiger charge is 2.22. The number of ether oxygens (including phenoxy) is 1. The lowest BCUT2D eigenvalue weighted by molar-refractivity contribution is 0.380. The number of hydrogen-bond acceptors (Lipinski definition) is 5. The van der Waals surface area contributed by atoms with Crippen LogP contribution in [-0.2, 0) is 12.8 Å². The first-order valence-corrected chi connectivity index (χ1v) is 7.89. The second kappa shape index (κ2) is 5.38. The smallest absolute Gasteiger partial charge is 0.257 e. The maximum absolute atomic E-state index is 6.06. The molecule has 1 N–H and O–H groups in total. The molecule has 0 amide bonds. The van der Waals surface area contributed by atoms with Crippen molar-refractivity contribution >= 4 is 29.0 Å². The second-order valence-corrected chi connectivity index (χ2v) is 6.07. The van der Waals surface area contributed by atoms with E-state index in [-0.39, 0.29) is 0 Å². The van der Waals surface area contributed by atoms with Gasteiger partial charge in [-0.15, -0.1) is 5.10 Å². The Balaban J connectivity index is 1.79. The minimum Gasteiger partial charge on any atom is -0.481 e. The van der Waals surface area contributed by atoms with Gasteiger partial charge in [0, 0.05) is 16.3 Å². The molecule has 0 saturated heterocycles. The van der Waals surface area contributed by atoms with E-state index < -0.39 is 0 Å². The Morgan fingerprint density at radius 2 is 2.13 bits per heavy atom. The lowest BCUT2D eigenvalue weighted by Crippen LogP contribution is -2.04. The summed E-state index contributed by atoms with van der Waals surface area (Å²) in [7, 11) is 1.66. The average molecular weight is 330 g/mol. The minimum atomic E-state index is 0.477. The van der Waals surface area contributed by atoms with Crippen molar-refractivity contribution in [1.29, 1.82) is 0 Å². The Labute approximate surface area is 138 Å². The Kier molecular flexibility index (Phi) is 3.34. The lowest BCUT2D eigenvalue weighted by atomic mass is 10.2. The Morgan fingerprint density at radius 3 is 2.96 bits per heavy atom. The molecule has 0 aliphatic heterocycles. The van der Waals surface area contributed by atoms with Gasteiger partial charge in [0.05, 0.1) is 12.8 Å². The molecule has 3 aromatic rings. The number of fused-ring (bicyclic) bond motifs is 2. The van der Waals surface area contributed by atoms with Crippen molar-refractivity contribution < 1.29 is 4.74 Å². The van der Waals surface area contributed by atoms with Gasteiger partial charge in [-0.1, -0.05) is 17.7 Å². The molecule has 2 aromatic heterocycles. The van der Waals surface area contributed by atoms with Crippen molar-refractivity contribution in [3.63, 3.8) is 0 Å². The van der Waals surface area contributed by atoms with Crippen LogP contribution in [0.5, 0.6) is 5.88 Å². The summed E-state index contributed by atoms with van der Waals surface area (Å²) in [5, 5.41) is 8.36. The lowest BCUT2D eigenvalue weighted by Gasteiger charge is -2.07. The summed E-state index contributed by atoms with van der Waals surface area (Å²) in [4.78, 5) is 9.08. The van der Waals surface area contributed by atoms with Crippen LogP contribution in [0.4, 0.5) is 11.6 Å². The third-order valence-corrected chi connectivity index (χ3v) is 4.34. The van der Waals surface area contributed by atoms with Crippen LogP contribution in [0.25, 0.3) is 5.78 Å². The zero-order chi connectivity index (χ0) is 16.0. The third kappa shape index (κ3) is 2.39. The quantitative estimate of drug-likeness (QED) is 0.798. The molecule has 0 fully saturated rings. The van der Waals surface area contributed by atoms with Crippen molar-refractivity contribution in [2.45, 2.75) is 26.2 Å². The van der Waals surface area contributed by atoms with Crippen LogP contribution in [-0.4, -0.2) is 26.7 Å². The molecule has 0 saturated carbocycles. The summed E-state index contributed by atoms with van der Waals surface area (Å²) in [5.41, 5.74) is 4.14. The van der Waals surface area contributed by atoms with Gasteiger partial charge >= 0.3 is 0 Å². The van der Waals surface area contributed by atoms with Crippen molar-refractivity contribution in [1.82, 2.24) is 19.6 Å². The van der Waals surface area contributed by atoms with Gasteiger partial charge in [-0.25, -0.2) is 4.98 Å². The van der Waals surface area contributed by atoms with Gasteiger partial charge < -0.3 is 10.1 Å². The highest BCUT2D eigenvalue weighted by molar-refractivity contribution is 6.30. The molecule has 1 aromatic carbocycles. The first-order chi connectivity index (χ1) is 11.2. The summed E-state index contributed by atoms with van der Waals surface area (Å²) >= 11 is 6.06. The molecule has 0 spiro atoms. The van der Waals surface area contributed by atoms with Gasteiger partial charge in [0.25, 0.3) is 5.78 Å². The minimum absolute atomic E-state index is 0.477. The molecule has 1 aliphatic rings. The van der Waals surface area contributed by atoms with E-state index >= 15 is 0 Å². The predicted octanol–water partition coefficient (Wildman–Crippen LogP) is 3.33. The topological polar surface area (TPSA) is 64.3 Å². The van der Waals surface area contributed by atoms with Crippen LogP contribution in [0.1, 0.15) is 23.2 Å². The van der Waals surface area contributed by atoms with Crippen LogP contribution in [0.15, 0.2) is 18.2 Å². The van der Waals surface area contributed by atoms with Crippen LogP contribution in [0, 0.1) is 6.92 Å². The van der Waals surface area contributed by atoms with Gasteiger partial charge in [-0.2, -0.15) is 9.50 Å². The molecule has 0 radical (unpaired) electrons. The number of nitrogens with zero attached hydrogens (tertiary/aromatic N) is 4. The van der Waals surface area contributed by atoms with Gasteiger partial charge in [-0.3, -0.25) is 0 Å². The highest BCUT2D eigenvalue weighted by atomic mass is 35.5. The molecule has 4 rings (SSSR count). The number of methoxy groups -OCH3 is 1. The van der Waals surface area contributed by atoms with E-state index in [4.69, 9.17) is 16.3 Å². The molecule has 0 bridgehead atoms. The third-order valence-electron chi connectivity index (χ3n) is 4.10. The Morgan fingerprint density at radius 1 is 1.26 bits per heavy atom. The summed E-state index contributed by atoms with van der Waals surface area (Å²) in [6, 6.07) is 5.66. The summed E-state index contributed by atoms with van der Waals surface area (Å²) in [6.45, 7) is 2.00. The zero-order valence-corrected chi connectivity index (χ0v) is 13.7. The maximum atomic E-state index is 6.06. The fourth-order valence-electron chi connectivity index (χ4n) is 2.95. The Hall–Kier alpha value is -2.34. The maximum Gasteiger partial charge on any atom is 0.257 e. The normalized spacial score (nSPS) is 13.3. The number of benzene rings is 1. The number of anilines is 2. The average Bonchev–Trinajstić information content (AvgIpc) is 3.14. The highest BCUT2D eigenvalue weighted by Crippen LogP contribution is 2.30. The molecular weight excluding hydrogens is 314 g/mol. The van der Waals surface area contributed by atoms with Crippen molar-refractivity contribution in [3.05, 3.63) is 40.0 Å². The standard InChI is InChI=1S/C16H16ClN5O/c1-9-6-7-10(17)8-13(9)18-15-20-16-19-12-5-3-4-11(12)14(23-2)22(16)21-15/h6-8H,3-5H2,1-2H3,(H,18,21). The number of rotatable bonds is 3. The second-order valence-electron chi connectivity index (χ2n) is 5.63. The van der Waals surface area contributed by atoms with Crippen LogP contribution in [0.2, 0.25) is 5.02 Å². The van der Waals surface area contributed by atoms with Gasteiger partial charge in [0.15, 0.2) is 0 Å². The van der Waals surface area contributed by atoms with Crippen molar-refractivity contribution in [2.24, 2.45) is 0 Å². The molecule has 7 heteroatoms. The first kappa shape index (κ1) is 14.3. The number of hydrogen-bond donors (Lipinski definition) is 1. The largest absolute Gasteiger partial charge is 0.481 e. The van der Waals surface area contributed by atoms with Crippen molar-refractivity contribution in [2.75, 3.05) is 12.4 Å². The fraction of sp³-hybridized carbons (Fsp3) is 0.312. The van der Waals surface area contributed by atoms with Crippen molar-refractivity contribution in [3.8, 4) is 5.88 Å². The number of aryl methyl sites for hydroxylation is 2. The van der Waals surface area contributed by atoms with Gasteiger partial charge in [0.2, 0.25) is 11.8 Å². The monoisotopic (exact) mass is 329 g/mol. The molecule has 118 valence electrons. The summed E-state index contributed by atoms with van der Waals surface area (Å²) < 4.78 is 7.21. The zero-order valence-electron chi connectivity index (χ0n) is 12.9. The molecule has 0 unspecified atom stereocenters. The van der Waals surface area contributed by atoms with Crippen LogP contribution < -0.4 is 10.1 Å². The molecule has 2 heterocycles. The number of aromatic nitrogens is 4. The van der Waals surface area contributed by atoms with Crippen LogP contribution >= 0.6 is 11.6 Å². The number of halogens is 1. The van der Waals surface area contributed by atoms with Gasteiger partial charge in [0.1, 0.15) is 0 Å². The molecular formula is C16H16ClN5O. The van der Waals surface area contributed by atoms with E-state index in [0.29, 0.717) is 16.7 Å². The molecule has 23 heavy (non-hydrogen) atoms. The van der Waals surface area contributed by atoms with E-state index in [0.717, 1.165) is 47.7 Å². The number of nitrogens with one attached hydrogen (secondary N) is 1. The Bertz CT molecular complexity index is 905. The van der Waals surface area contributed by atoms with Gasteiger partial charge in [-0.05, 0) is 43.9 Å². The predicted molar refractivity (Wildman–Crippen MR) is 88.8 cm³/mol. The van der Waals surface area contributed by atoms with E-state index in [9.17, 15) is 0 Å². The van der Waals surface area contributed by atoms with E-state index in [2.05, 4.69) is 20.4 Å². The molecule has 0 atom stereocenters. The SMILES string of the molecule is COc1c2c(nc3nc(Nc4cc(Cl)ccc4C)nn13)CCC2. The fourth-order valence-corrected chi connectivity index (χ4v) is 3.13. The molecule has 1 aliphatic carbocycles. The summed E-state index contributed by atoms with van der Waals surface area (Å²) in [6.07, 6.45) is 3.03. The van der Waals surface area contributed by atoms with E-state index in [1.54, 1.807) is 11.6 Å². The molecule has 6 nitrogen and oxygen atoms in total. The van der Waals surface area contributed by atoms with E-state index in [1.807, 2.05) is 25.1 Å². The first-order valence-electron chi connectivity index (χ1n) is 7.51. The van der Waals surface area contributed by atoms with Crippen LogP contribution in [0.3, 0.4) is 0 Å².